The first kappa shape index (κ1) is 10.5. The monoisotopic (exact) mass is 206 g/mol. The molecule has 2 nitrogen and oxygen atoms in total. The molecule has 1 aliphatic rings. The number of fused-ring (bicyclic) bond motifs is 1. The first-order chi connectivity index (χ1) is 7.22. The highest BCUT2D eigenvalue weighted by Crippen LogP contribution is 2.35. The van der Waals surface area contributed by atoms with Gasteiger partial charge in [-0.2, -0.15) is 0 Å². The van der Waals surface area contributed by atoms with Crippen molar-refractivity contribution in [3.8, 4) is 5.75 Å². The van der Waals surface area contributed by atoms with Crippen LogP contribution in [0.1, 0.15) is 43.4 Å². The fourth-order valence-electron chi connectivity index (χ4n) is 1.98. The summed E-state index contributed by atoms with van der Waals surface area (Å²) in [6.45, 7) is 5.14. The van der Waals surface area contributed by atoms with E-state index in [9.17, 15) is 0 Å². The lowest BCUT2D eigenvalue weighted by Gasteiger charge is -2.25. The maximum atomic E-state index is 5.67. The molecule has 1 heterocycles. The lowest BCUT2D eigenvalue weighted by Crippen LogP contribution is -2.15. The van der Waals surface area contributed by atoms with Crippen molar-refractivity contribution in [2.75, 3.05) is 13.7 Å². The van der Waals surface area contributed by atoms with Crippen LogP contribution in [0, 0.1) is 0 Å². The molecule has 0 bridgehead atoms. The summed E-state index contributed by atoms with van der Waals surface area (Å²) in [6.07, 6.45) is 1.15. The van der Waals surface area contributed by atoms with Crippen molar-refractivity contribution >= 4 is 0 Å². The second-order valence-electron chi connectivity index (χ2n) is 4.31. The Balaban J connectivity index is 2.36. The molecule has 0 N–H and O–H groups in total. The highest BCUT2D eigenvalue weighted by atomic mass is 16.5. The summed E-state index contributed by atoms with van der Waals surface area (Å²) in [5.41, 5.74) is 2.51. The third-order valence-electron chi connectivity index (χ3n) is 2.97. The smallest absolute Gasteiger partial charge is 0.125 e. The minimum atomic E-state index is 0.204. The van der Waals surface area contributed by atoms with E-state index in [4.69, 9.17) is 9.47 Å². The molecule has 2 rings (SSSR count). The normalized spacial score (nSPS) is 19.9. The summed E-state index contributed by atoms with van der Waals surface area (Å²) >= 11 is 0. The second kappa shape index (κ2) is 4.23. The van der Waals surface area contributed by atoms with Gasteiger partial charge in [0.15, 0.2) is 0 Å². The summed E-state index contributed by atoms with van der Waals surface area (Å²) in [4.78, 5) is 0. The topological polar surface area (TPSA) is 18.5 Å². The number of methoxy groups -OCH3 is 1. The Bertz CT molecular complexity index is 344. The molecule has 0 radical (unpaired) electrons. The molecule has 0 saturated heterocycles. The maximum Gasteiger partial charge on any atom is 0.125 e. The zero-order valence-corrected chi connectivity index (χ0v) is 9.62. The first-order valence-corrected chi connectivity index (χ1v) is 5.52. The van der Waals surface area contributed by atoms with Gasteiger partial charge in [-0.1, -0.05) is 26.0 Å². The van der Waals surface area contributed by atoms with E-state index in [-0.39, 0.29) is 6.10 Å². The third-order valence-corrected chi connectivity index (χ3v) is 2.97. The average Bonchev–Trinajstić information content (AvgIpc) is 2.27. The Kier molecular flexibility index (Phi) is 2.96. The van der Waals surface area contributed by atoms with Gasteiger partial charge in [0, 0.05) is 19.1 Å². The predicted molar refractivity (Wildman–Crippen MR) is 60.4 cm³/mol. The number of ether oxygens (including phenoxy) is 2. The summed E-state index contributed by atoms with van der Waals surface area (Å²) in [6, 6.07) is 6.45. The van der Waals surface area contributed by atoms with Crippen molar-refractivity contribution in [3.05, 3.63) is 29.3 Å². The van der Waals surface area contributed by atoms with Gasteiger partial charge in [0.1, 0.15) is 5.75 Å². The molecular formula is C13H18O2. The van der Waals surface area contributed by atoms with E-state index in [1.165, 1.54) is 11.1 Å². The molecule has 0 amide bonds. The average molecular weight is 206 g/mol. The van der Waals surface area contributed by atoms with Crippen LogP contribution in [0.5, 0.6) is 5.75 Å². The van der Waals surface area contributed by atoms with E-state index in [0.717, 1.165) is 18.8 Å². The zero-order valence-electron chi connectivity index (χ0n) is 9.62. The van der Waals surface area contributed by atoms with Crippen molar-refractivity contribution in [2.24, 2.45) is 0 Å². The molecule has 0 aliphatic carbocycles. The van der Waals surface area contributed by atoms with Crippen molar-refractivity contribution < 1.29 is 9.47 Å². The van der Waals surface area contributed by atoms with Crippen molar-refractivity contribution in [1.29, 1.82) is 0 Å². The van der Waals surface area contributed by atoms with Gasteiger partial charge in [0.25, 0.3) is 0 Å². The fourth-order valence-corrected chi connectivity index (χ4v) is 1.98. The highest BCUT2D eigenvalue weighted by Gasteiger charge is 2.21. The Morgan fingerprint density at radius 1 is 1.40 bits per heavy atom. The highest BCUT2D eigenvalue weighted by molar-refractivity contribution is 5.41. The molecule has 82 valence electrons. The molecule has 0 saturated carbocycles. The van der Waals surface area contributed by atoms with Gasteiger partial charge in [-0.15, -0.1) is 0 Å². The van der Waals surface area contributed by atoms with Crippen LogP contribution in [0.2, 0.25) is 0 Å². The van der Waals surface area contributed by atoms with Crippen LogP contribution < -0.4 is 4.74 Å². The summed E-state index contributed by atoms with van der Waals surface area (Å²) in [5.74, 6) is 1.54. The molecule has 1 aliphatic heterocycles. The van der Waals surface area contributed by atoms with Crippen molar-refractivity contribution in [1.82, 2.24) is 0 Å². The van der Waals surface area contributed by atoms with Gasteiger partial charge < -0.3 is 9.47 Å². The van der Waals surface area contributed by atoms with Gasteiger partial charge in [0.05, 0.1) is 12.7 Å². The van der Waals surface area contributed by atoms with E-state index >= 15 is 0 Å². The lowest BCUT2D eigenvalue weighted by atomic mass is 9.96. The molecule has 1 aromatic carbocycles. The van der Waals surface area contributed by atoms with Gasteiger partial charge in [0.2, 0.25) is 0 Å². The Labute approximate surface area is 91.2 Å². The minimum Gasteiger partial charge on any atom is -0.493 e. The lowest BCUT2D eigenvalue weighted by molar-refractivity contribution is 0.0636. The van der Waals surface area contributed by atoms with Crippen LogP contribution in [0.4, 0.5) is 0 Å². The summed E-state index contributed by atoms with van der Waals surface area (Å²) in [7, 11) is 1.76. The fraction of sp³-hybridized carbons (Fsp3) is 0.538. The number of benzene rings is 1. The molecular weight excluding hydrogens is 188 g/mol. The van der Waals surface area contributed by atoms with Crippen molar-refractivity contribution in [2.45, 2.75) is 32.3 Å². The third kappa shape index (κ3) is 2.00. The van der Waals surface area contributed by atoms with E-state index < -0.39 is 0 Å². The van der Waals surface area contributed by atoms with Crippen LogP contribution in [-0.2, 0) is 4.74 Å². The van der Waals surface area contributed by atoms with Gasteiger partial charge >= 0.3 is 0 Å². The Hall–Kier alpha value is -1.02. The van der Waals surface area contributed by atoms with Gasteiger partial charge in [-0.3, -0.25) is 0 Å². The van der Waals surface area contributed by atoms with Crippen molar-refractivity contribution in [3.63, 3.8) is 0 Å². The molecule has 1 atom stereocenters. The van der Waals surface area contributed by atoms with Crippen LogP contribution in [0.15, 0.2) is 18.2 Å². The van der Waals surface area contributed by atoms with Crippen LogP contribution in [0.25, 0.3) is 0 Å². The number of hydrogen-bond acceptors (Lipinski definition) is 2. The van der Waals surface area contributed by atoms with Gasteiger partial charge in [-0.25, -0.2) is 0 Å². The number of rotatable bonds is 2. The van der Waals surface area contributed by atoms with Crippen LogP contribution >= 0.6 is 0 Å². The predicted octanol–water partition coefficient (Wildman–Crippen LogP) is 3.28. The summed E-state index contributed by atoms with van der Waals surface area (Å²) < 4.78 is 11.1. The Morgan fingerprint density at radius 2 is 2.20 bits per heavy atom. The van der Waals surface area contributed by atoms with E-state index in [1.807, 2.05) is 0 Å². The van der Waals surface area contributed by atoms with Crippen LogP contribution in [-0.4, -0.2) is 13.7 Å². The Morgan fingerprint density at radius 3 is 2.87 bits per heavy atom. The number of hydrogen-bond donors (Lipinski definition) is 0. The van der Waals surface area contributed by atoms with Gasteiger partial charge in [-0.05, 0) is 17.5 Å². The largest absolute Gasteiger partial charge is 0.493 e. The second-order valence-corrected chi connectivity index (χ2v) is 4.31. The molecule has 0 spiro atoms. The molecule has 0 fully saturated rings. The molecule has 1 aromatic rings. The summed E-state index contributed by atoms with van der Waals surface area (Å²) in [5, 5.41) is 0. The quantitative estimate of drug-likeness (QED) is 0.739. The first-order valence-electron chi connectivity index (χ1n) is 5.52. The zero-order chi connectivity index (χ0) is 10.8. The van der Waals surface area contributed by atoms with E-state index in [0.29, 0.717) is 5.92 Å². The van der Waals surface area contributed by atoms with Crippen LogP contribution in [0.3, 0.4) is 0 Å². The standard InChI is InChI=1S/C13H18O2/c1-9(2)10-4-5-11-12(14-3)6-7-15-13(11)8-10/h4-5,8-9,12H,6-7H2,1-3H3. The minimum absolute atomic E-state index is 0.204. The molecule has 0 aromatic heterocycles. The van der Waals surface area contributed by atoms with E-state index in [2.05, 4.69) is 32.0 Å². The maximum absolute atomic E-state index is 5.67. The SMILES string of the molecule is COC1CCOc2cc(C(C)C)ccc21. The molecule has 1 unspecified atom stereocenters. The van der Waals surface area contributed by atoms with E-state index in [1.54, 1.807) is 7.11 Å². The molecule has 2 heteroatoms. The molecule has 15 heavy (non-hydrogen) atoms.